The van der Waals surface area contributed by atoms with Gasteiger partial charge in [0, 0.05) is 43.1 Å². The van der Waals surface area contributed by atoms with Crippen LogP contribution in [-0.2, 0) is 11.2 Å². The van der Waals surface area contributed by atoms with Gasteiger partial charge in [-0.15, -0.1) is 10.2 Å². The number of nitrogens with one attached hydrogen (secondary N) is 1. The number of aryl methyl sites for hydroxylation is 1. The van der Waals surface area contributed by atoms with Gasteiger partial charge in [0.2, 0.25) is 11.8 Å². The number of nitrogens with zero attached hydrogens (tertiary/aromatic N) is 4. The maximum Gasteiger partial charge on any atom is 0.277 e. The number of anilines is 2. The summed E-state index contributed by atoms with van der Waals surface area (Å²) >= 11 is 1.21. The van der Waals surface area contributed by atoms with Crippen molar-refractivity contribution in [3.8, 4) is 0 Å². The number of aromatic nitrogens is 2. The molecule has 4 aromatic rings. The molecule has 194 valence electrons. The quantitative estimate of drug-likeness (QED) is 0.333. The summed E-state index contributed by atoms with van der Waals surface area (Å²) in [5.41, 5.74) is 4.75. The first-order valence-electron chi connectivity index (χ1n) is 12.5. The van der Waals surface area contributed by atoms with E-state index in [2.05, 4.69) is 20.4 Å². The highest BCUT2D eigenvalue weighted by atomic mass is 32.2. The molecule has 1 saturated heterocycles. The monoisotopic (exact) mass is 527 g/mol. The van der Waals surface area contributed by atoms with Crippen molar-refractivity contribution in [1.82, 2.24) is 15.1 Å². The molecule has 1 aliphatic heterocycles. The van der Waals surface area contributed by atoms with Crippen LogP contribution in [0.3, 0.4) is 0 Å². The number of carbonyl (C=O) groups excluding carboxylic acids is 2. The summed E-state index contributed by atoms with van der Waals surface area (Å²) in [5.74, 6) is 0.628. The lowest BCUT2D eigenvalue weighted by atomic mass is 10.1. The second kappa shape index (κ2) is 12.0. The number of benzene rings is 3. The van der Waals surface area contributed by atoms with Crippen molar-refractivity contribution in [3.63, 3.8) is 0 Å². The summed E-state index contributed by atoms with van der Waals surface area (Å²) in [5, 5.41) is 11.4. The molecule has 5 rings (SSSR count). The minimum atomic E-state index is -0.145. The SMILES string of the molecule is Cc1ccc(C(=O)N2CCN(c3ccc(NC(=O)CSc4nnc(Cc5ccccc5)o4)cc3)CC2)cc1. The predicted molar refractivity (Wildman–Crippen MR) is 149 cm³/mol. The maximum absolute atomic E-state index is 12.8. The molecule has 2 amide bonds. The minimum Gasteiger partial charge on any atom is -0.416 e. The zero-order valence-corrected chi connectivity index (χ0v) is 22.0. The summed E-state index contributed by atoms with van der Waals surface area (Å²) in [7, 11) is 0. The van der Waals surface area contributed by atoms with Gasteiger partial charge in [0.05, 0.1) is 12.2 Å². The second-order valence-electron chi connectivity index (χ2n) is 9.15. The lowest BCUT2D eigenvalue weighted by Crippen LogP contribution is -2.48. The van der Waals surface area contributed by atoms with Gasteiger partial charge in [0.25, 0.3) is 11.1 Å². The Labute approximate surface area is 226 Å². The molecule has 1 aliphatic rings. The standard InChI is InChI=1S/C29H29N5O3S/c1-21-7-9-23(10-8-21)28(36)34-17-15-33(16-18-34)25-13-11-24(12-14-25)30-26(35)20-38-29-32-31-27(37-29)19-22-5-3-2-4-6-22/h2-14H,15-20H2,1H3,(H,30,35). The number of amides is 2. The lowest BCUT2D eigenvalue weighted by molar-refractivity contribution is -0.113. The van der Waals surface area contributed by atoms with E-state index < -0.39 is 0 Å². The van der Waals surface area contributed by atoms with Crippen LogP contribution in [-0.4, -0.2) is 58.8 Å². The van der Waals surface area contributed by atoms with Crippen LogP contribution in [0.4, 0.5) is 11.4 Å². The van der Waals surface area contributed by atoms with Gasteiger partial charge in [0.1, 0.15) is 0 Å². The fraction of sp³-hybridized carbons (Fsp3) is 0.241. The van der Waals surface area contributed by atoms with Crippen LogP contribution in [0.25, 0.3) is 0 Å². The minimum absolute atomic E-state index is 0.0773. The zero-order valence-electron chi connectivity index (χ0n) is 21.2. The van der Waals surface area contributed by atoms with Crippen molar-refractivity contribution in [2.75, 3.05) is 42.1 Å². The summed E-state index contributed by atoms with van der Waals surface area (Å²) in [4.78, 5) is 29.4. The Morgan fingerprint density at radius 1 is 0.895 bits per heavy atom. The summed E-state index contributed by atoms with van der Waals surface area (Å²) < 4.78 is 5.65. The second-order valence-corrected chi connectivity index (χ2v) is 10.1. The Morgan fingerprint density at radius 3 is 2.32 bits per heavy atom. The van der Waals surface area contributed by atoms with Crippen molar-refractivity contribution in [3.05, 3.63) is 101 Å². The van der Waals surface area contributed by atoms with E-state index in [-0.39, 0.29) is 17.6 Å². The fourth-order valence-corrected chi connectivity index (χ4v) is 4.85. The Hall–Kier alpha value is -4.11. The van der Waals surface area contributed by atoms with E-state index in [1.165, 1.54) is 11.8 Å². The third-order valence-corrected chi connectivity index (χ3v) is 7.17. The molecule has 1 aromatic heterocycles. The first-order chi connectivity index (χ1) is 18.5. The van der Waals surface area contributed by atoms with Gasteiger partial charge in [-0.1, -0.05) is 59.8 Å². The highest BCUT2D eigenvalue weighted by molar-refractivity contribution is 7.99. The molecule has 0 unspecified atom stereocenters. The van der Waals surface area contributed by atoms with E-state index >= 15 is 0 Å². The van der Waals surface area contributed by atoms with E-state index in [1.54, 1.807) is 0 Å². The Bertz CT molecular complexity index is 1370. The molecule has 0 saturated carbocycles. The molecular formula is C29H29N5O3S. The van der Waals surface area contributed by atoms with Gasteiger partial charge in [-0.05, 0) is 48.9 Å². The molecule has 2 heterocycles. The van der Waals surface area contributed by atoms with Crippen molar-refractivity contribution in [2.24, 2.45) is 0 Å². The van der Waals surface area contributed by atoms with E-state index in [9.17, 15) is 9.59 Å². The molecule has 9 heteroatoms. The van der Waals surface area contributed by atoms with Gasteiger partial charge < -0.3 is 19.5 Å². The van der Waals surface area contributed by atoms with Crippen LogP contribution >= 0.6 is 11.8 Å². The number of carbonyl (C=O) groups is 2. The molecular weight excluding hydrogens is 498 g/mol. The third-order valence-electron chi connectivity index (χ3n) is 6.35. The van der Waals surface area contributed by atoms with Crippen LogP contribution in [0, 0.1) is 6.92 Å². The Morgan fingerprint density at radius 2 is 1.61 bits per heavy atom. The smallest absolute Gasteiger partial charge is 0.277 e. The summed E-state index contributed by atoms with van der Waals surface area (Å²) in [6.07, 6.45) is 0.561. The van der Waals surface area contributed by atoms with Gasteiger partial charge in [-0.2, -0.15) is 0 Å². The van der Waals surface area contributed by atoms with Crippen molar-refractivity contribution < 1.29 is 14.0 Å². The summed E-state index contributed by atoms with van der Waals surface area (Å²) in [6, 6.07) is 25.4. The third kappa shape index (κ3) is 6.60. The molecule has 3 aromatic carbocycles. The molecule has 38 heavy (non-hydrogen) atoms. The number of hydrogen-bond donors (Lipinski definition) is 1. The molecule has 0 aliphatic carbocycles. The van der Waals surface area contributed by atoms with Gasteiger partial charge in [-0.25, -0.2) is 0 Å². The molecule has 0 atom stereocenters. The first kappa shape index (κ1) is 25.5. The molecule has 1 N–H and O–H groups in total. The number of thioether (sulfide) groups is 1. The van der Waals surface area contributed by atoms with Crippen molar-refractivity contribution in [2.45, 2.75) is 18.6 Å². The lowest BCUT2D eigenvalue weighted by Gasteiger charge is -2.36. The predicted octanol–water partition coefficient (Wildman–Crippen LogP) is 4.66. The number of hydrogen-bond acceptors (Lipinski definition) is 7. The van der Waals surface area contributed by atoms with Crippen molar-refractivity contribution >= 4 is 35.0 Å². The Kier molecular flexibility index (Phi) is 8.04. The average molecular weight is 528 g/mol. The van der Waals surface area contributed by atoms with Gasteiger partial charge >= 0.3 is 0 Å². The molecule has 1 fully saturated rings. The highest BCUT2D eigenvalue weighted by Gasteiger charge is 2.22. The maximum atomic E-state index is 12.8. The van der Waals surface area contributed by atoms with Gasteiger partial charge in [0.15, 0.2) is 0 Å². The molecule has 0 bridgehead atoms. The van der Waals surface area contributed by atoms with Crippen molar-refractivity contribution in [1.29, 1.82) is 0 Å². The van der Waals surface area contributed by atoms with E-state index in [4.69, 9.17) is 4.42 Å². The van der Waals surface area contributed by atoms with E-state index in [0.29, 0.717) is 30.6 Å². The molecule has 0 radical (unpaired) electrons. The average Bonchev–Trinajstić information content (AvgIpc) is 3.40. The van der Waals surface area contributed by atoms with E-state index in [0.717, 1.165) is 41.2 Å². The van der Waals surface area contributed by atoms with Gasteiger partial charge in [-0.3, -0.25) is 9.59 Å². The summed E-state index contributed by atoms with van der Waals surface area (Å²) in [6.45, 7) is 4.88. The first-order valence-corrected chi connectivity index (χ1v) is 13.5. The van der Waals surface area contributed by atoms with Crippen LogP contribution in [0.15, 0.2) is 88.5 Å². The molecule has 8 nitrogen and oxygen atoms in total. The van der Waals surface area contributed by atoms with Crippen LogP contribution in [0.1, 0.15) is 27.4 Å². The van der Waals surface area contributed by atoms with E-state index in [1.807, 2.05) is 90.7 Å². The highest BCUT2D eigenvalue weighted by Crippen LogP contribution is 2.22. The fourth-order valence-electron chi connectivity index (χ4n) is 4.26. The van der Waals surface area contributed by atoms with Crippen LogP contribution < -0.4 is 10.2 Å². The zero-order chi connectivity index (χ0) is 26.3. The number of piperazine rings is 1. The van der Waals surface area contributed by atoms with Crippen LogP contribution in [0.2, 0.25) is 0 Å². The number of rotatable bonds is 8. The Balaban J connectivity index is 1.06. The topological polar surface area (TPSA) is 91.6 Å². The normalized spacial score (nSPS) is 13.4. The van der Waals surface area contributed by atoms with Crippen LogP contribution in [0.5, 0.6) is 0 Å². The molecule has 0 spiro atoms. The largest absolute Gasteiger partial charge is 0.416 e.